The first-order valence-electron chi connectivity index (χ1n) is 8.87. The van der Waals surface area contributed by atoms with E-state index in [1.54, 1.807) is 38.3 Å². The van der Waals surface area contributed by atoms with E-state index < -0.39 is 17.0 Å². The molecule has 3 heterocycles. The van der Waals surface area contributed by atoms with Gasteiger partial charge in [0.1, 0.15) is 11.2 Å². The molecule has 0 aromatic carbocycles. The molecule has 152 valence electrons. The van der Waals surface area contributed by atoms with Gasteiger partial charge in [-0.1, -0.05) is 0 Å². The minimum Gasteiger partial charge on any atom is -0.466 e. The predicted molar refractivity (Wildman–Crippen MR) is 107 cm³/mol. The zero-order valence-electron chi connectivity index (χ0n) is 16.2. The van der Waals surface area contributed by atoms with Crippen molar-refractivity contribution in [2.75, 3.05) is 11.9 Å². The zero-order valence-corrected chi connectivity index (χ0v) is 17.0. The fourth-order valence-electron chi connectivity index (χ4n) is 2.52. The normalized spacial score (nSPS) is 11.3. The first kappa shape index (κ1) is 20.5. The summed E-state index contributed by atoms with van der Waals surface area (Å²) in [6.07, 6.45) is 1.52. The standard InChI is InChI=1S/C19H20N4O5S/c1-4-27-16(25)10-12-11-29-18(20-12)21-17(26)19(2,3)23-15(24)8-7-13(22-23)14-6-5-9-28-14/h5-9,11H,4,10H2,1-3H3,(H,20,21,26). The Hall–Kier alpha value is -3.27. The summed E-state index contributed by atoms with van der Waals surface area (Å²) in [5, 5.41) is 8.95. The van der Waals surface area contributed by atoms with Crippen LogP contribution in [0.1, 0.15) is 26.5 Å². The highest BCUT2D eigenvalue weighted by Gasteiger charge is 2.33. The molecule has 1 N–H and O–H groups in total. The van der Waals surface area contributed by atoms with E-state index in [1.807, 2.05) is 0 Å². The number of aromatic nitrogens is 3. The van der Waals surface area contributed by atoms with Crippen molar-refractivity contribution in [2.24, 2.45) is 0 Å². The fraction of sp³-hybridized carbons (Fsp3) is 0.316. The maximum absolute atomic E-state index is 12.9. The molecule has 0 saturated heterocycles. The van der Waals surface area contributed by atoms with Gasteiger partial charge >= 0.3 is 5.97 Å². The van der Waals surface area contributed by atoms with Gasteiger partial charge in [0.25, 0.3) is 11.5 Å². The average molecular weight is 416 g/mol. The van der Waals surface area contributed by atoms with Gasteiger partial charge in [-0.2, -0.15) is 5.10 Å². The largest absolute Gasteiger partial charge is 0.466 e. The van der Waals surface area contributed by atoms with Crippen LogP contribution in [-0.2, 0) is 26.3 Å². The Kier molecular flexibility index (Phi) is 5.92. The van der Waals surface area contributed by atoms with Gasteiger partial charge in [0, 0.05) is 11.4 Å². The second kappa shape index (κ2) is 8.39. The van der Waals surface area contributed by atoms with Gasteiger partial charge < -0.3 is 9.15 Å². The topological polar surface area (TPSA) is 116 Å². The summed E-state index contributed by atoms with van der Waals surface area (Å²) in [7, 11) is 0. The molecular formula is C19H20N4O5S. The van der Waals surface area contributed by atoms with Crippen LogP contribution in [0.25, 0.3) is 11.5 Å². The lowest BCUT2D eigenvalue weighted by Crippen LogP contribution is -2.47. The highest BCUT2D eigenvalue weighted by molar-refractivity contribution is 7.13. The third-order valence-corrected chi connectivity index (χ3v) is 4.87. The van der Waals surface area contributed by atoms with Gasteiger partial charge in [0.15, 0.2) is 10.9 Å². The SMILES string of the molecule is CCOC(=O)Cc1csc(NC(=O)C(C)(C)n2nc(-c3ccco3)ccc2=O)n1. The lowest BCUT2D eigenvalue weighted by Gasteiger charge is -2.24. The van der Waals surface area contributed by atoms with Crippen molar-refractivity contribution in [1.29, 1.82) is 0 Å². The van der Waals surface area contributed by atoms with Crippen LogP contribution >= 0.6 is 11.3 Å². The summed E-state index contributed by atoms with van der Waals surface area (Å²) in [5.41, 5.74) is -0.798. The monoisotopic (exact) mass is 416 g/mol. The van der Waals surface area contributed by atoms with Crippen LogP contribution in [0, 0.1) is 0 Å². The number of nitrogens with zero attached hydrogens (tertiary/aromatic N) is 3. The van der Waals surface area contributed by atoms with Crippen LogP contribution in [0.15, 0.2) is 45.1 Å². The summed E-state index contributed by atoms with van der Waals surface area (Å²) in [6, 6.07) is 6.29. The Morgan fingerprint density at radius 3 is 2.79 bits per heavy atom. The van der Waals surface area contributed by atoms with Gasteiger partial charge in [0.2, 0.25) is 0 Å². The van der Waals surface area contributed by atoms with Crippen molar-refractivity contribution >= 4 is 28.3 Å². The van der Waals surface area contributed by atoms with Crippen LogP contribution in [-0.4, -0.2) is 33.2 Å². The van der Waals surface area contributed by atoms with Crippen LogP contribution in [0.3, 0.4) is 0 Å². The van der Waals surface area contributed by atoms with Crippen LogP contribution in [0.4, 0.5) is 5.13 Å². The molecule has 29 heavy (non-hydrogen) atoms. The van der Waals surface area contributed by atoms with Gasteiger partial charge in [0.05, 0.1) is 25.0 Å². The molecule has 0 aliphatic rings. The Bertz CT molecular complexity index is 1070. The third-order valence-electron chi connectivity index (χ3n) is 4.06. The maximum Gasteiger partial charge on any atom is 0.311 e. The van der Waals surface area contributed by atoms with Crippen LogP contribution in [0.5, 0.6) is 0 Å². The third kappa shape index (κ3) is 4.60. The van der Waals surface area contributed by atoms with Crippen molar-refractivity contribution < 1.29 is 18.7 Å². The van der Waals surface area contributed by atoms with E-state index in [1.165, 1.54) is 29.7 Å². The number of nitrogens with one attached hydrogen (secondary N) is 1. The molecule has 3 rings (SSSR count). The lowest BCUT2D eigenvalue weighted by atomic mass is 10.1. The number of hydrogen-bond acceptors (Lipinski definition) is 8. The number of esters is 1. The van der Waals surface area contributed by atoms with Crippen LogP contribution in [0.2, 0.25) is 0 Å². The molecule has 0 fully saturated rings. The molecule has 9 nitrogen and oxygen atoms in total. The second-order valence-corrected chi connectivity index (χ2v) is 7.44. The molecule has 10 heteroatoms. The number of carbonyl (C=O) groups is 2. The molecule has 1 amide bonds. The molecule has 0 aliphatic heterocycles. The zero-order chi connectivity index (χ0) is 21.0. The lowest BCUT2D eigenvalue weighted by molar-refractivity contribution is -0.142. The number of anilines is 1. The molecule has 0 unspecified atom stereocenters. The van der Waals surface area contributed by atoms with Crippen molar-refractivity contribution in [3.8, 4) is 11.5 Å². The molecule has 0 radical (unpaired) electrons. The summed E-state index contributed by atoms with van der Waals surface area (Å²) in [5.74, 6) is -0.374. The van der Waals surface area contributed by atoms with Crippen LogP contribution < -0.4 is 10.9 Å². The van der Waals surface area contributed by atoms with Crippen molar-refractivity contribution in [1.82, 2.24) is 14.8 Å². The second-order valence-electron chi connectivity index (χ2n) is 6.58. The number of furan rings is 1. The summed E-state index contributed by atoms with van der Waals surface area (Å²) >= 11 is 1.18. The molecule has 0 saturated carbocycles. The molecule has 3 aromatic rings. The molecular weight excluding hydrogens is 396 g/mol. The van der Waals surface area contributed by atoms with E-state index in [0.717, 1.165) is 4.68 Å². The van der Waals surface area contributed by atoms with Gasteiger partial charge in [-0.05, 0) is 39.0 Å². The number of thiazole rings is 1. The fourth-order valence-corrected chi connectivity index (χ4v) is 3.22. The van der Waals surface area contributed by atoms with Gasteiger partial charge in [-0.15, -0.1) is 11.3 Å². The van der Waals surface area contributed by atoms with E-state index >= 15 is 0 Å². The Morgan fingerprint density at radius 1 is 1.31 bits per heavy atom. The minimum atomic E-state index is -1.30. The molecule has 0 atom stereocenters. The number of hydrogen-bond donors (Lipinski definition) is 1. The predicted octanol–water partition coefficient (Wildman–Crippen LogP) is 2.44. The van der Waals surface area contributed by atoms with E-state index in [2.05, 4.69) is 15.4 Å². The van der Waals surface area contributed by atoms with Gasteiger partial charge in [-0.25, -0.2) is 9.67 Å². The highest BCUT2D eigenvalue weighted by atomic mass is 32.1. The first-order valence-corrected chi connectivity index (χ1v) is 9.75. The molecule has 3 aromatic heterocycles. The molecule has 0 bridgehead atoms. The Morgan fingerprint density at radius 2 is 2.10 bits per heavy atom. The number of ether oxygens (including phenoxy) is 1. The average Bonchev–Trinajstić information content (AvgIpc) is 3.34. The quantitative estimate of drug-likeness (QED) is 0.588. The van der Waals surface area contributed by atoms with E-state index in [0.29, 0.717) is 28.9 Å². The van der Waals surface area contributed by atoms with E-state index in [-0.39, 0.29) is 12.4 Å². The summed E-state index contributed by atoms with van der Waals surface area (Å²) in [4.78, 5) is 41.0. The first-order chi connectivity index (χ1) is 13.8. The van der Waals surface area contributed by atoms with E-state index in [9.17, 15) is 14.4 Å². The number of carbonyl (C=O) groups excluding carboxylic acids is 2. The van der Waals surface area contributed by atoms with Crippen molar-refractivity contribution in [2.45, 2.75) is 32.7 Å². The minimum absolute atomic E-state index is 0.0236. The summed E-state index contributed by atoms with van der Waals surface area (Å²) < 4.78 is 11.3. The van der Waals surface area contributed by atoms with Gasteiger partial charge in [-0.3, -0.25) is 19.7 Å². The van der Waals surface area contributed by atoms with Crippen molar-refractivity contribution in [3.63, 3.8) is 0 Å². The Balaban J connectivity index is 1.79. The molecule has 0 spiro atoms. The Labute approximate surface area is 170 Å². The summed E-state index contributed by atoms with van der Waals surface area (Å²) in [6.45, 7) is 5.18. The van der Waals surface area contributed by atoms with E-state index in [4.69, 9.17) is 9.15 Å². The highest BCUT2D eigenvalue weighted by Crippen LogP contribution is 2.22. The number of rotatable bonds is 7. The number of amides is 1. The van der Waals surface area contributed by atoms with Crippen molar-refractivity contribution in [3.05, 3.63) is 52.0 Å². The molecule has 0 aliphatic carbocycles. The smallest absolute Gasteiger partial charge is 0.311 e. The maximum atomic E-state index is 12.9.